The molecule has 0 N–H and O–H groups in total. The Morgan fingerprint density at radius 3 is 1.11 bits per heavy atom. The molecule has 0 bridgehead atoms. The van der Waals surface area contributed by atoms with Gasteiger partial charge in [0.25, 0.3) is 0 Å². The Bertz CT molecular complexity index is 4250. The lowest BCUT2D eigenvalue weighted by Gasteiger charge is -2.27. The first-order valence-electron chi connectivity index (χ1n) is 24.8. The maximum Gasteiger partial charge on any atom is 0.0542 e. The lowest BCUT2D eigenvalue weighted by atomic mass is 10.0. The van der Waals surface area contributed by atoms with Crippen LogP contribution in [0.5, 0.6) is 0 Å². The maximum absolute atomic E-state index is 2.47. The minimum absolute atomic E-state index is 1.08. The molecule has 344 valence electrons. The van der Waals surface area contributed by atoms with Crippen LogP contribution < -0.4 is 14.7 Å². The lowest BCUT2D eigenvalue weighted by Crippen LogP contribution is -2.10. The highest BCUT2D eigenvalue weighted by atomic mass is 32.1. The van der Waals surface area contributed by atoms with Crippen LogP contribution in [-0.4, -0.2) is 4.57 Å². The largest absolute Gasteiger partial charge is 0.310 e. The number of para-hydroxylation sites is 4. The Morgan fingerprint density at radius 1 is 0.247 bits per heavy atom. The van der Waals surface area contributed by atoms with Crippen LogP contribution in [0.25, 0.3) is 69.2 Å². The number of benzene rings is 12. The molecule has 0 aliphatic rings. The number of rotatable bonds is 10. The summed E-state index contributed by atoms with van der Waals surface area (Å²) in [5, 5.41) is 9.60. The summed E-state index contributed by atoms with van der Waals surface area (Å²) in [6, 6.07) is 102. The zero-order valence-corrected chi connectivity index (χ0v) is 40.6. The molecule has 0 fully saturated rings. The predicted octanol–water partition coefficient (Wildman–Crippen LogP) is 19.9. The van der Waals surface area contributed by atoms with E-state index in [1.54, 1.807) is 0 Å². The molecule has 4 nitrogen and oxygen atoms in total. The first-order valence-corrected chi connectivity index (χ1v) is 25.6. The van der Waals surface area contributed by atoms with Crippen LogP contribution in [0.15, 0.2) is 279 Å². The summed E-state index contributed by atoms with van der Waals surface area (Å²) in [6.07, 6.45) is 0. The summed E-state index contributed by atoms with van der Waals surface area (Å²) in [5.74, 6) is 0. The highest BCUT2D eigenvalue weighted by molar-refractivity contribution is 7.25. The molecule has 14 rings (SSSR count). The number of anilines is 9. The van der Waals surface area contributed by atoms with Gasteiger partial charge in [-0.05, 0) is 144 Å². The Labute approximate surface area is 427 Å². The van der Waals surface area contributed by atoms with Crippen molar-refractivity contribution in [3.63, 3.8) is 0 Å². The van der Waals surface area contributed by atoms with Gasteiger partial charge < -0.3 is 19.3 Å². The van der Waals surface area contributed by atoms with Crippen molar-refractivity contribution in [2.24, 2.45) is 0 Å². The van der Waals surface area contributed by atoms with Crippen molar-refractivity contribution in [2.75, 3.05) is 14.7 Å². The molecule has 0 radical (unpaired) electrons. The monoisotopic (exact) mass is 950 g/mol. The molecule has 0 amide bonds. The second-order valence-electron chi connectivity index (χ2n) is 18.5. The third-order valence-corrected chi connectivity index (χ3v) is 15.4. The summed E-state index contributed by atoms with van der Waals surface area (Å²) in [5.41, 5.74) is 13.4. The van der Waals surface area contributed by atoms with Crippen molar-refractivity contribution >= 4 is 126 Å². The average molecular weight is 951 g/mol. The molecular formula is C68H46N4S. The first kappa shape index (κ1) is 42.5. The van der Waals surface area contributed by atoms with Crippen molar-refractivity contribution in [2.45, 2.75) is 0 Å². The third kappa shape index (κ3) is 7.37. The molecule has 0 unspecified atom stereocenters. The van der Waals surface area contributed by atoms with E-state index in [1.807, 2.05) is 11.3 Å². The van der Waals surface area contributed by atoms with Crippen LogP contribution in [0.2, 0.25) is 0 Å². The molecule has 73 heavy (non-hydrogen) atoms. The van der Waals surface area contributed by atoms with Crippen molar-refractivity contribution < 1.29 is 0 Å². The highest BCUT2D eigenvalue weighted by Gasteiger charge is 2.23. The SMILES string of the molecule is c1ccc(N(c2ccccc2)c2ccc3sc4ccc(N(c5ccc6c(c5)c5cc(N(c7ccccc7)c7ccccc7)ccc5n6-c5cccc6ccccc56)c5cccc6ccccc56)cc4c3c2)cc1. The summed E-state index contributed by atoms with van der Waals surface area (Å²) in [7, 11) is 0. The van der Waals surface area contributed by atoms with E-state index in [4.69, 9.17) is 0 Å². The van der Waals surface area contributed by atoms with Crippen molar-refractivity contribution in [1.29, 1.82) is 0 Å². The van der Waals surface area contributed by atoms with Gasteiger partial charge >= 0.3 is 0 Å². The standard InChI is InChI=1S/C68H46N4S/c1-5-23-49(24-6-1)69(50-25-7-2-8-26-50)53-35-39-65-59(43-53)60-44-55(36-40-66(60)72(65)64-34-18-22-48-20-14-16-32-58(48)64)71(63-33-17-21-47-19-13-15-31-57(47)63)56-38-42-68-62(46-56)61-45-54(37-41-67(61)73-68)70(51-27-9-3-10-28-51)52-29-11-4-12-30-52/h1-46H. The van der Waals surface area contributed by atoms with E-state index in [0.29, 0.717) is 0 Å². The Hall–Kier alpha value is -9.42. The summed E-state index contributed by atoms with van der Waals surface area (Å²) in [4.78, 5) is 7.18. The number of thiophene rings is 1. The van der Waals surface area contributed by atoms with Gasteiger partial charge in [-0.3, -0.25) is 0 Å². The highest BCUT2D eigenvalue weighted by Crippen LogP contribution is 2.47. The lowest BCUT2D eigenvalue weighted by molar-refractivity contribution is 1.19. The normalized spacial score (nSPS) is 11.6. The molecule has 12 aromatic carbocycles. The molecule has 14 aromatic rings. The van der Waals surface area contributed by atoms with Crippen molar-refractivity contribution in [3.05, 3.63) is 279 Å². The van der Waals surface area contributed by atoms with Crippen molar-refractivity contribution in [1.82, 2.24) is 4.57 Å². The summed E-state index contributed by atoms with van der Waals surface area (Å²) >= 11 is 1.85. The minimum Gasteiger partial charge on any atom is -0.310 e. The minimum atomic E-state index is 1.08. The van der Waals surface area contributed by atoms with E-state index < -0.39 is 0 Å². The quantitative estimate of drug-likeness (QED) is 0.136. The van der Waals surface area contributed by atoms with Gasteiger partial charge in [-0.2, -0.15) is 0 Å². The molecule has 2 heterocycles. The Kier molecular flexibility index (Phi) is 10.3. The second-order valence-corrected chi connectivity index (χ2v) is 19.6. The second kappa shape index (κ2) is 17.8. The predicted molar refractivity (Wildman–Crippen MR) is 313 cm³/mol. The van der Waals surface area contributed by atoms with E-state index in [9.17, 15) is 0 Å². The summed E-state index contributed by atoms with van der Waals surface area (Å²) < 4.78 is 4.97. The van der Waals surface area contributed by atoms with Gasteiger partial charge in [0.05, 0.1) is 22.4 Å². The van der Waals surface area contributed by atoms with Gasteiger partial charge in [0.1, 0.15) is 0 Å². The fraction of sp³-hybridized carbons (Fsp3) is 0. The molecule has 0 saturated carbocycles. The third-order valence-electron chi connectivity index (χ3n) is 14.3. The van der Waals surface area contributed by atoms with Gasteiger partial charge in [0.2, 0.25) is 0 Å². The molecule has 0 aliphatic carbocycles. The molecule has 0 aliphatic heterocycles. The van der Waals surface area contributed by atoms with Crippen LogP contribution in [0.4, 0.5) is 51.2 Å². The first-order chi connectivity index (χ1) is 36.2. The Morgan fingerprint density at radius 2 is 0.616 bits per heavy atom. The van der Waals surface area contributed by atoms with Gasteiger partial charge in [0, 0.05) is 87.2 Å². The van der Waals surface area contributed by atoms with Gasteiger partial charge in [-0.15, -0.1) is 11.3 Å². The molecular weight excluding hydrogens is 905 g/mol. The number of aromatic nitrogens is 1. The topological polar surface area (TPSA) is 14.7 Å². The van der Waals surface area contributed by atoms with Crippen LogP contribution in [-0.2, 0) is 0 Å². The Balaban J connectivity index is 1.01. The molecule has 5 heteroatoms. The molecule has 0 atom stereocenters. The van der Waals surface area contributed by atoms with E-state index in [2.05, 4.69) is 298 Å². The number of hydrogen-bond acceptors (Lipinski definition) is 4. The fourth-order valence-corrected chi connectivity index (χ4v) is 12.1. The van der Waals surface area contributed by atoms with E-state index in [1.165, 1.54) is 52.5 Å². The smallest absolute Gasteiger partial charge is 0.0542 e. The number of nitrogens with zero attached hydrogens (tertiary/aromatic N) is 4. The van der Waals surface area contributed by atoms with Gasteiger partial charge in [-0.1, -0.05) is 146 Å². The zero-order valence-electron chi connectivity index (χ0n) is 39.8. The molecule has 0 spiro atoms. The number of fused-ring (bicyclic) bond motifs is 8. The van der Waals surface area contributed by atoms with E-state index >= 15 is 0 Å². The van der Waals surface area contributed by atoms with Crippen LogP contribution in [0.3, 0.4) is 0 Å². The van der Waals surface area contributed by atoms with E-state index in [-0.39, 0.29) is 0 Å². The molecule has 0 saturated heterocycles. The van der Waals surface area contributed by atoms with Crippen LogP contribution >= 0.6 is 11.3 Å². The fourth-order valence-electron chi connectivity index (χ4n) is 11.0. The summed E-state index contributed by atoms with van der Waals surface area (Å²) in [6.45, 7) is 0. The zero-order chi connectivity index (χ0) is 48.2. The van der Waals surface area contributed by atoms with Crippen LogP contribution in [0, 0.1) is 0 Å². The number of hydrogen-bond donors (Lipinski definition) is 0. The van der Waals surface area contributed by atoms with Gasteiger partial charge in [-0.25, -0.2) is 0 Å². The maximum atomic E-state index is 2.47. The molecule has 2 aromatic heterocycles. The van der Waals surface area contributed by atoms with Gasteiger partial charge in [0.15, 0.2) is 0 Å². The van der Waals surface area contributed by atoms with Crippen LogP contribution in [0.1, 0.15) is 0 Å². The van der Waals surface area contributed by atoms with E-state index in [0.717, 1.165) is 67.9 Å². The average Bonchev–Trinajstić information content (AvgIpc) is 4.00. The van der Waals surface area contributed by atoms with Crippen molar-refractivity contribution in [3.8, 4) is 5.69 Å².